The Morgan fingerprint density at radius 2 is 1.54 bits per heavy atom. The molecular formula is C24H26N2O2. The summed E-state index contributed by atoms with van der Waals surface area (Å²) in [5, 5.41) is 2.72. The smallest absolute Gasteiger partial charge is 0.184 e. The fourth-order valence-electron chi connectivity index (χ4n) is 4.31. The zero-order valence-electron chi connectivity index (χ0n) is 16.1. The van der Waals surface area contributed by atoms with Gasteiger partial charge in [-0.1, -0.05) is 48.5 Å². The monoisotopic (exact) mass is 374 g/mol. The van der Waals surface area contributed by atoms with Gasteiger partial charge in [0.2, 0.25) is 0 Å². The predicted molar refractivity (Wildman–Crippen MR) is 114 cm³/mol. The highest BCUT2D eigenvalue weighted by atomic mass is 16.6. The molecule has 0 amide bonds. The van der Waals surface area contributed by atoms with Crippen molar-refractivity contribution < 1.29 is 9.47 Å². The molecule has 2 heterocycles. The predicted octanol–water partition coefficient (Wildman–Crippen LogP) is 3.98. The van der Waals surface area contributed by atoms with Gasteiger partial charge in [0.25, 0.3) is 0 Å². The molecule has 2 aliphatic heterocycles. The van der Waals surface area contributed by atoms with E-state index in [4.69, 9.17) is 9.47 Å². The van der Waals surface area contributed by atoms with E-state index in [9.17, 15) is 0 Å². The molecule has 2 aliphatic rings. The first kappa shape index (κ1) is 17.4. The number of piperazine rings is 1. The van der Waals surface area contributed by atoms with Gasteiger partial charge in [-0.2, -0.15) is 0 Å². The third-order valence-corrected chi connectivity index (χ3v) is 5.84. The van der Waals surface area contributed by atoms with Crippen LogP contribution in [-0.2, 0) is 6.42 Å². The first-order chi connectivity index (χ1) is 13.9. The summed E-state index contributed by atoms with van der Waals surface area (Å²) >= 11 is 0. The van der Waals surface area contributed by atoms with E-state index >= 15 is 0 Å². The number of nitrogens with zero attached hydrogens (tertiary/aromatic N) is 2. The molecule has 0 radical (unpaired) electrons. The number of para-hydroxylation sites is 1. The maximum Gasteiger partial charge on any atom is 0.184 e. The van der Waals surface area contributed by atoms with Gasteiger partial charge in [-0.05, 0) is 34.9 Å². The maximum atomic E-state index is 5.90. The molecule has 3 aromatic carbocycles. The van der Waals surface area contributed by atoms with Crippen LogP contribution in [0.4, 0.5) is 5.69 Å². The molecular weight excluding hydrogens is 348 g/mol. The summed E-state index contributed by atoms with van der Waals surface area (Å²) in [5.41, 5.74) is 2.62. The van der Waals surface area contributed by atoms with Crippen molar-refractivity contribution in [2.45, 2.75) is 6.42 Å². The molecule has 4 nitrogen and oxygen atoms in total. The molecule has 0 bridgehead atoms. The van der Waals surface area contributed by atoms with Crippen molar-refractivity contribution in [2.75, 3.05) is 50.8 Å². The quantitative estimate of drug-likeness (QED) is 0.690. The second-order valence-corrected chi connectivity index (χ2v) is 7.52. The Hall–Kier alpha value is -2.72. The molecule has 0 aliphatic carbocycles. The van der Waals surface area contributed by atoms with Crippen LogP contribution in [0.1, 0.15) is 5.56 Å². The lowest BCUT2D eigenvalue weighted by Crippen LogP contribution is -2.47. The van der Waals surface area contributed by atoms with E-state index in [2.05, 4.69) is 64.4 Å². The van der Waals surface area contributed by atoms with Crippen LogP contribution in [0.15, 0.2) is 60.7 Å². The van der Waals surface area contributed by atoms with Crippen LogP contribution in [0.25, 0.3) is 10.8 Å². The molecule has 4 heteroatoms. The van der Waals surface area contributed by atoms with Gasteiger partial charge in [0.15, 0.2) is 11.5 Å². The van der Waals surface area contributed by atoms with E-state index in [-0.39, 0.29) is 0 Å². The van der Waals surface area contributed by atoms with Gasteiger partial charge < -0.3 is 14.4 Å². The van der Waals surface area contributed by atoms with Crippen molar-refractivity contribution in [2.24, 2.45) is 0 Å². The van der Waals surface area contributed by atoms with Crippen molar-refractivity contribution >= 4 is 16.5 Å². The minimum Gasteiger partial charge on any atom is -0.486 e. The summed E-state index contributed by atoms with van der Waals surface area (Å²) in [4.78, 5) is 5.01. The van der Waals surface area contributed by atoms with E-state index in [0.29, 0.717) is 13.2 Å². The third kappa shape index (κ3) is 3.40. The first-order valence-corrected chi connectivity index (χ1v) is 10.2. The zero-order valence-corrected chi connectivity index (χ0v) is 16.1. The lowest BCUT2D eigenvalue weighted by Gasteiger charge is -2.37. The normalized spacial score (nSPS) is 17.1. The Bertz CT molecular complexity index is 958. The Morgan fingerprint density at radius 3 is 2.46 bits per heavy atom. The SMILES string of the molecule is c1cc2c(c(N3CCN(CCc4cccc5ccccc45)CC3)c1)OCCO2. The third-order valence-electron chi connectivity index (χ3n) is 5.84. The summed E-state index contributed by atoms with van der Waals surface area (Å²) in [6, 6.07) is 21.5. The molecule has 144 valence electrons. The highest BCUT2D eigenvalue weighted by Crippen LogP contribution is 2.39. The van der Waals surface area contributed by atoms with Gasteiger partial charge in [0.1, 0.15) is 13.2 Å². The number of hydrogen-bond acceptors (Lipinski definition) is 4. The molecule has 0 spiro atoms. The lowest BCUT2D eigenvalue weighted by atomic mass is 10.0. The second kappa shape index (κ2) is 7.72. The van der Waals surface area contributed by atoms with Crippen molar-refractivity contribution in [1.82, 2.24) is 4.90 Å². The van der Waals surface area contributed by atoms with Crippen molar-refractivity contribution in [3.63, 3.8) is 0 Å². The van der Waals surface area contributed by atoms with Crippen LogP contribution in [0, 0.1) is 0 Å². The minimum absolute atomic E-state index is 0.634. The molecule has 0 atom stereocenters. The number of benzene rings is 3. The number of ether oxygens (including phenoxy) is 2. The largest absolute Gasteiger partial charge is 0.486 e. The molecule has 0 saturated carbocycles. The van der Waals surface area contributed by atoms with E-state index in [0.717, 1.165) is 50.6 Å². The zero-order chi connectivity index (χ0) is 18.8. The summed E-state index contributed by atoms with van der Waals surface area (Å²) in [6.45, 7) is 6.58. The second-order valence-electron chi connectivity index (χ2n) is 7.52. The van der Waals surface area contributed by atoms with E-state index in [1.807, 2.05) is 6.07 Å². The number of anilines is 1. The van der Waals surface area contributed by atoms with E-state index < -0.39 is 0 Å². The summed E-state index contributed by atoms with van der Waals surface area (Å²) < 4.78 is 11.6. The average Bonchev–Trinajstić information content (AvgIpc) is 2.78. The Kier molecular flexibility index (Phi) is 4.79. The Labute approximate surface area is 166 Å². The standard InChI is InChI=1S/C24H26N2O2/c1-2-8-21-19(5-1)6-3-7-20(21)11-12-25-13-15-26(16-14-25)22-9-4-10-23-24(22)28-18-17-27-23/h1-10H,11-18H2. The number of hydrogen-bond donors (Lipinski definition) is 0. The van der Waals surface area contributed by atoms with Crippen LogP contribution in [0.5, 0.6) is 11.5 Å². The molecule has 1 fully saturated rings. The summed E-state index contributed by atoms with van der Waals surface area (Å²) in [7, 11) is 0. The molecule has 0 aromatic heterocycles. The molecule has 28 heavy (non-hydrogen) atoms. The van der Waals surface area contributed by atoms with E-state index in [1.54, 1.807) is 0 Å². The van der Waals surface area contributed by atoms with Gasteiger partial charge in [-0.25, -0.2) is 0 Å². The van der Waals surface area contributed by atoms with Crippen molar-refractivity contribution in [3.05, 3.63) is 66.2 Å². The van der Waals surface area contributed by atoms with Crippen LogP contribution in [0.3, 0.4) is 0 Å². The van der Waals surface area contributed by atoms with Crippen LogP contribution in [-0.4, -0.2) is 50.8 Å². The van der Waals surface area contributed by atoms with Crippen LogP contribution in [0.2, 0.25) is 0 Å². The molecule has 0 N–H and O–H groups in total. The van der Waals surface area contributed by atoms with Gasteiger partial charge in [-0.15, -0.1) is 0 Å². The highest BCUT2D eigenvalue weighted by Gasteiger charge is 2.23. The van der Waals surface area contributed by atoms with Gasteiger partial charge in [0, 0.05) is 32.7 Å². The number of rotatable bonds is 4. The topological polar surface area (TPSA) is 24.9 Å². The first-order valence-electron chi connectivity index (χ1n) is 10.2. The van der Waals surface area contributed by atoms with Crippen LogP contribution >= 0.6 is 0 Å². The maximum absolute atomic E-state index is 5.90. The fourth-order valence-corrected chi connectivity index (χ4v) is 4.31. The van der Waals surface area contributed by atoms with Crippen molar-refractivity contribution in [3.8, 4) is 11.5 Å². The molecule has 0 unspecified atom stereocenters. The Balaban J connectivity index is 1.22. The Morgan fingerprint density at radius 1 is 0.750 bits per heavy atom. The average molecular weight is 374 g/mol. The number of fused-ring (bicyclic) bond motifs is 2. The lowest BCUT2D eigenvalue weighted by molar-refractivity contribution is 0.171. The van der Waals surface area contributed by atoms with E-state index in [1.165, 1.54) is 22.0 Å². The highest BCUT2D eigenvalue weighted by molar-refractivity contribution is 5.85. The summed E-state index contributed by atoms with van der Waals surface area (Å²) in [6.07, 6.45) is 1.10. The van der Waals surface area contributed by atoms with Gasteiger partial charge >= 0.3 is 0 Å². The van der Waals surface area contributed by atoms with Gasteiger partial charge in [0.05, 0.1) is 5.69 Å². The molecule has 5 rings (SSSR count). The molecule has 3 aromatic rings. The van der Waals surface area contributed by atoms with Gasteiger partial charge in [-0.3, -0.25) is 4.90 Å². The van der Waals surface area contributed by atoms with Crippen molar-refractivity contribution in [1.29, 1.82) is 0 Å². The van der Waals surface area contributed by atoms with Crippen LogP contribution < -0.4 is 14.4 Å². The summed E-state index contributed by atoms with van der Waals surface area (Å²) in [5.74, 6) is 1.79. The minimum atomic E-state index is 0.634. The molecule has 1 saturated heterocycles. The fraction of sp³-hybridized carbons (Fsp3) is 0.333.